The Balaban J connectivity index is 1.92. The molecule has 2 rings (SSSR count). The minimum absolute atomic E-state index is 0.0625. The lowest BCUT2D eigenvalue weighted by molar-refractivity contribution is 0.414. The van der Waals surface area contributed by atoms with Gasteiger partial charge in [-0.1, -0.05) is 36.4 Å². The lowest BCUT2D eigenvalue weighted by atomic mass is 10.1. The van der Waals surface area contributed by atoms with Crippen LogP contribution in [0.1, 0.15) is 16.7 Å². The van der Waals surface area contributed by atoms with Gasteiger partial charge in [-0.2, -0.15) is 0 Å². The molecule has 0 aliphatic carbocycles. The molecule has 0 atom stereocenters. The Morgan fingerprint density at radius 1 is 1.04 bits per heavy atom. The molecule has 27 heavy (non-hydrogen) atoms. The monoisotopic (exact) mass is 389 g/mol. The summed E-state index contributed by atoms with van der Waals surface area (Å²) in [6.07, 6.45) is 1.24. The van der Waals surface area contributed by atoms with Crippen LogP contribution in [0.5, 0.6) is 5.75 Å². The molecule has 0 bridgehead atoms. The predicted octanol–water partition coefficient (Wildman–Crippen LogP) is 2.45. The Morgan fingerprint density at radius 2 is 1.59 bits per heavy atom. The summed E-state index contributed by atoms with van der Waals surface area (Å²) < 4.78 is 27.9. The molecule has 0 unspecified atom stereocenters. The van der Waals surface area contributed by atoms with Crippen molar-refractivity contribution in [2.75, 3.05) is 27.5 Å². The summed E-state index contributed by atoms with van der Waals surface area (Å²) in [5, 5.41) is 3.33. The van der Waals surface area contributed by atoms with Gasteiger partial charge in [-0.3, -0.25) is 4.99 Å². The van der Waals surface area contributed by atoms with E-state index in [4.69, 9.17) is 4.74 Å². The van der Waals surface area contributed by atoms with Crippen LogP contribution < -0.4 is 10.1 Å². The van der Waals surface area contributed by atoms with E-state index in [-0.39, 0.29) is 5.75 Å². The number of hydrogen-bond acceptors (Lipinski definition) is 4. The fourth-order valence-electron chi connectivity index (χ4n) is 2.70. The van der Waals surface area contributed by atoms with Crippen molar-refractivity contribution < 1.29 is 13.2 Å². The number of hydrogen-bond donors (Lipinski definition) is 1. The quantitative estimate of drug-likeness (QED) is 0.582. The maximum Gasteiger partial charge on any atom is 0.193 e. The van der Waals surface area contributed by atoms with Crippen LogP contribution in [0.2, 0.25) is 0 Å². The van der Waals surface area contributed by atoms with Crippen molar-refractivity contribution in [3.63, 3.8) is 0 Å². The maximum absolute atomic E-state index is 11.4. The molecule has 0 aromatic heterocycles. The normalized spacial score (nSPS) is 11.9. The summed E-state index contributed by atoms with van der Waals surface area (Å²) in [6.45, 7) is 1.33. The summed E-state index contributed by atoms with van der Waals surface area (Å²) in [6, 6.07) is 15.5. The van der Waals surface area contributed by atoms with Gasteiger partial charge in [0, 0.05) is 33.4 Å². The van der Waals surface area contributed by atoms with E-state index in [1.54, 1.807) is 14.2 Å². The summed E-state index contributed by atoms with van der Waals surface area (Å²) in [4.78, 5) is 6.37. The van der Waals surface area contributed by atoms with E-state index in [0.717, 1.165) is 34.9 Å². The molecular formula is C20H27N3O3S. The third-order valence-corrected chi connectivity index (χ3v) is 4.91. The second-order valence-corrected chi connectivity index (χ2v) is 8.63. The highest BCUT2D eigenvalue weighted by Crippen LogP contribution is 2.13. The number of guanidine groups is 1. The van der Waals surface area contributed by atoms with Gasteiger partial charge in [0.05, 0.1) is 12.9 Å². The lowest BCUT2D eigenvalue weighted by Gasteiger charge is -2.22. The van der Waals surface area contributed by atoms with Gasteiger partial charge in [-0.25, -0.2) is 8.42 Å². The molecule has 2 aromatic rings. The van der Waals surface area contributed by atoms with E-state index in [1.165, 1.54) is 6.26 Å². The summed E-state index contributed by atoms with van der Waals surface area (Å²) in [7, 11) is 2.37. The largest absolute Gasteiger partial charge is 0.497 e. The van der Waals surface area contributed by atoms with E-state index in [1.807, 2.05) is 60.5 Å². The van der Waals surface area contributed by atoms with Crippen LogP contribution in [0.15, 0.2) is 53.5 Å². The summed E-state index contributed by atoms with van der Waals surface area (Å²) >= 11 is 0. The van der Waals surface area contributed by atoms with Gasteiger partial charge in [0.15, 0.2) is 15.8 Å². The second-order valence-electron chi connectivity index (χ2n) is 6.49. The first-order valence-electron chi connectivity index (χ1n) is 8.61. The number of benzene rings is 2. The smallest absolute Gasteiger partial charge is 0.193 e. The third kappa shape index (κ3) is 6.94. The highest BCUT2D eigenvalue weighted by molar-refractivity contribution is 7.89. The van der Waals surface area contributed by atoms with E-state index >= 15 is 0 Å². The minimum Gasteiger partial charge on any atom is -0.497 e. The topological polar surface area (TPSA) is 71.0 Å². The van der Waals surface area contributed by atoms with Crippen LogP contribution in [0.3, 0.4) is 0 Å². The minimum atomic E-state index is -3.01. The molecule has 0 spiro atoms. The van der Waals surface area contributed by atoms with Crippen LogP contribution in [-0.4, -0.2) is 46.7 Å². The Labute approximate surface area is 161 Å². The lowest BCUT2D eigenvalue weighted by Crippen LogP contribution is -2.38. The molecule has 0 fully saturated rings. The SMILES string of the molecule is CN=C(NCc1ccc(CS(C)(=O)=O)cc1)N(C)Cc1ccc(OC)cc1. The van der Waals surface area contributed by atoms with Crippen molar-refractivity contribution in [1.82, 2.24) is 10.2 Å². The molecule has 0 amide bonds. The zero-order valence-corrected chi connectivity index (χ0v) is 17.1. The van der Waals surface area contributed by atoms with Crippen LogP contribution in [-0.2, 0) is 28.7 Å². The average Bonchev–Trinajstić information content (AvgIpc) is 2.63. The first-order valence-corrected chi connectivity index (χ1v) is 10.7. The maximum atomic E-state index is 11.4. The van der Waals surface area contributed by atoms with Crippen LogP contribution >= 0.6 is 0 Å². The number of nitrogens with zero attached hydrogens (tertiary/aromatic N) is 2. The molecule has 7 heteroatoms. The first kappa shape index (κ1) is 20.8. The van der Waals surface area contributed by atoms with E-state index < -0.39 is 9.84 Å². The highest BCUT2D eigenvalue weighted by atomic mass is 32.2. The Morgan fingerprint density at radius 3 is 2.11 bits per heavy atom. The molecule has 6 nitrogen and oxygen atoms in total. The molecule has 0 saturated heterocycles. The zero-order chi connectivity index (χ0) is 19.9. The van der Waals surface area contributed by atoms with E-state index in [9.17, 15) is 8.42 Å². The standard InChI is InChI=1S/C20H27N3O3S/c1-21-20(23(2)14-17-9-11-19(26-3)12-10-17)22-13-16-5-7-18(8-6-16)15-27(4,24)25/h5-12H,13-15H2,1-4H3,(H,21,22). The third-order valence-electron chi connectivity index (χ3n) is 4.05. The molecule has 2 aromatic carbocycles. The van der Waals surface area contributed by atoms with Gasteiger partial charge in [0.25, 0.3) is 0 Å². The fourth-order valence-corrected chi connectivity index (χ4v) is 3.50. The molecule has 0 saturated carbocycles. The Hall–Kier alpha value is -2.54. The van der Waals surface area contributed by atoms with E-state index in [0.29, 0.717) is 6.54 Å². The first-order chi connectivity index (χ1) is 12.8. The van der Waals surface area contributed by atoms with Crippen molar-refractivity contribution in [2.24, 2.45) is 4.99 Å². The van der Waals surface area contributed by atoms with Gasteiger partial charge in [0.1, 0.15) is 5.75 Å². The molecule has 1 N–H and O–H groups in total. The number of methoxy groups -OCH3 is 1. The zero-order valence-electron chi connectivity index (χ0n) is 16.3. The van der Waals surface area contributed by atoms with Crippen LogP contribution in [0, 0.1) is 0 Å². The number of nitrogens with one attached hydrogen (secondary N) is 1. The van der Waals surface area contributed by atoms with Gasteiger partial charge >= 0.3 is 0 Å². The number of ether oxygens (including phenoxy) is 1. The van der Waals surface area contributed by atoms with Gasteiger partial charge in [0.2, 0.25) is 0 Å². The number of sulfone groups is 1. The molecule has 0 aliphatic heterocycles. The molecular weight excluding hydrogens is 362 g/mol. The molecule has 146 valence electrons. The van der Waals surface area contributed by atoms with E-state index in [2.05, 4.69) is 10.3 Å². The van der Waals surface area contributed by atoms with Crippen LogP contribution in [0.25, 0.3) is 0 Å². The van der Waals surface area contributed by atoms with Gasteiger partial charge in [-0.05, 0) is 28.8 Å². The average molecular weight is 390 g/mol. The highest BCUT2D eigenvalue weighted by Gasteiger charge is 2.08. The molecule has 0 heterocycles. The number of aliphatic imine (C=N–C) groups is 1. The Kier molecular flexibility index (Phi) is 7.24. The summed E-state index contributed by atoms with van der Waals surface area (Å²) in [5.41, 5.74) is 3.01. The van der Waals surface area contributed by atoms with Gasteiger partial charge < -0.3 is 15.0 Å². The molecule has 0 aliphatic rings. The predicted molar refractivity (Wildman–Crippen MR) is 110 cm³/mol. The molecule has 0 radical (unpaired) electrons. The van der Waals surface area contributed by atoms with Crippen molar-refractivity contribution in [1.29, 1.82) is 0 Å². The van der Waals surface area contributed by atoms with Crippen molar-refractivity contribution in [2.45, 2.75) is 18.8 Å². The summed E-state index contributed by atoms with van der Waals surface area (Å²) in [5.74, 6) is 1.68. The number of rotatable bonds is 7. The van der Waals surface area contributed by atoms with Crippen molar-refractivity contribution in [3.05, 3.63) is 65.2 Å². The Bertz CT molecular complexity index is 860. The van der Waals surface area contributed by atoms with Crippen molar-refractivity contribution in [3.8, 4) is 5.75 Å². The second kappa shape index (κ2) is 9.41. The van der Waals surface area contributed by atoms with Crippen molar-refractivity contribution >= 4 is 15.8 Å². The fraction of sp³-hybridized carbons (Fsp3) is 0.350. The van der Waals surface area contributed by atoms with Gasteiger partial charge in [-0.15, -0.1) is 0 Å². The van der Waals surface area contributed by atoms with Crippen LogP contribution in [0.4, 0.5) is 0 Å².